The molecule has 0 fully saturated rings. The van der Waals surface area contributed by atoms with E-state index in [0.29, 0.717) is 10.6 Å². The molecular formula is C35H38ClN3O4S. The van der Waals surface area contributed by atoms with Crippen LogP contribution in [0.15, 0.2) is 114 Å². The van der Waals surface area contributed by atoms with Crippen molar-refractivity contribution in [1.29, 1.82) is 0 Å². The first-order chi connectivity index (χ1) is 20.9. The Bertz CT molecular complexity index is 1680. The molecule has 2 amide bonds. The van der Waals surface area contributed by atoms with E-state index in [-0.39, 0.29) is 29.5 Å². The van der Waals surface area contributed by atoms with E-state index in [1.165, 1.54) is 17.0 Å². The summed E-state index contributed by atoms with van der Waals surface area (Å²) >= 11 is 6.43. The fourth-order valence-corrected chi connectivity index (χ4v) is 6.55. The van der Waals surface area contributed by atoms with Gasteiger partial charge in [0.1, 0.15) is 12.6 Å². The average Bonchev–Trinajstić information content (AvgIpc) is 2.99. The lowest BCUT2D eigenvalue weighted by Gasteiger charge is -2.35. The van der Waals surface area contributed by atoms with Crippen LogP contribution >= 0.6 is 11.6 Å². The maximum atomic E-state index is 14.5. The molecule has 0 aliphatic rings. The van der Waals surface area contributed by atoms with Crippen LogP contribution < -0.4 is 9.62 Å². The van der Waals surface area contributed by atoms with Crippen molar-refractivity contribution in [2.75, 3.05) is 10.8 Å². The number of halogens is 1. The number of rotatable bonds is 11. The zero-order valence-corrected chi connectivity index (χ0v) is 27.0. The van der Waals surface area contributed by atoms with Crippen LogP contribution in [-0.4, -0.2) is 43.3 Å². The van der Waals surface area contributed by atoms with Gasteiger partial charge in [-0.05, 0) is 68.7 Å². The third kappa shape index (κ3) is 8.27. The largest absolute Gasteiger partial charge is 0.350 e. The molecule has 0 heterocycles. The maximum absolute atomic E-state index is 14.5. The Morgan fingerprint density at radius 3 is 1.91 bits per heavy atom. The normalized spacial score (nSPS) is 12.3. The molecule has 1 atom stereocenters. The Balaban J connectivity index is 1.83. The number of nitrogens with zero attached hydrogens (tertiary/aromatic N) is 2. The minimum absolute atomic E-state index is 0.0353. The van der Waals surface area contributed by atoms with E-state index >= 15 is 0 Å². The molecule has 0 saturated heterocycles. The molecule has 0 bridgehead atoms. The summed E-state index contributed by atoms with van der Waals surface area (Å²) in [5, 5.41) is 3.41. The van der Waals surface area contributed by atoms with Crippen molar-refractivity contribution in [2.24, 2.45) is 0 Å². The monoisotopic (exact) mass is 631 g/mol. The first-order valence-corrected chi connectivity index (χ1v) is 16.2. The molecule has 9 heteroatoms. The van der Waals surface area contributed by atoms with Crippen LogP contribution in [0.25, 0.3) is 0 Å². The molecule has 7 nitrogen and oxygen atoms in total. The van der Waals surface area contributed by atoms with E-state index < -0.39 is 34.1 Å². The predicted molar refractivity (Wildman–Crippen MR) is 176 cm³/mol. The predicted octanol–water partition coefficient (Wildman–Crippen LogP) is 6.40. The van der Waals surface area contributed by atoms with Crippen molar-refractivity contribution in [3.63, 3.8) is 0 Å². The molecule has 1 N–H and O–H groups in total. The average molecular weight is 632 g/mol. The SMILES string of the molecule is Cc1c(Cl)cccc1N(CC(=O)N(Cc1ccccc1)C(Cc1ccccc1)C(=O)NC(C)(C)C)S(=O)(=O)c1ccccc1. The van der Waals surface area contributed by atoms with E-state index in [9.17, 15) is 18.0 Å². The van der Waals surface area contributed by atoms with Gasteiger partial charge in [-0.2, -0.15) is 0 Å². The number of benzene rings is 4. The zero-order chi connectivity index (χ0) is 31.9. The van der Waals surface area contributed by atoms with Crippen LogP contribution in [-0.2, 0) is 32.6 Å². The molecule has 44 heavy (non-hydrogen) atoms. The van der Waals surface area contributed by atoms with Crippen LogP contribution in [0.5, 0.6) is 0 Å². The Kier molecular flexibility index (Phi) is 10.5. The zero-order valence-electron chi connectivity index (χ0n) is 25.4. The summed E-state index contributed by atoms with van der Waals surface area (Å²) in [6.45, 7) is 6.91. The summed E-state index contributed by atoms with van der Waals surface area (Å²) < 4.78 is 29.3. The van der Waals surface area contributed by atoms with E-state index in [1.54, 1.807) is 43.3 Å². The second-order valence-corrected chi connectivity index (χ2v) is 13.9. The lowest BCUT2D eigenvalue weighted by atomic mass is 10.0. The minimum atomic E-state index is -4.20. The summed E-state index contributed by atoms with van der Waals surface area (Å²) in [6.07, 6.45) is 0.239. The van der Waals surface area contributed by atoms with Crippen molar-refractivity contribution in [1.82, 2.24) is 10.2 Å². The first kappa shape index (κ1) is 32.8. The molecule has 0 aliphatic carbocycles. The maximum Gasteiger partial charge on any atom is 0.264 e. The number of anilines is 1. The molecule has 0 aliphatic heterocycles. The Morgan fingerprint density at radius 2 is 1.34 bits per heavy atom. The first-order valence-electron chi connectivity index (χ1n) is 14.4. The van der Waals surface area contributed by atoms with Gasteiger partial charge in [-0.15, -0.1) is 0 Å². The molecule has 4 aromatic carbocycles. The van der Waals surface area contributed by atoms with Gasteiger partial charge < -0.3 is 10.2 Å². The van der Waals surface area contributed by atoms with Crippen LogP contribution in [0.1, 0.15) is 37.5 Å². The summed E-state index contributed by atoms with van der Waals surface area (Å²) in [5.41, 5.74) is 1.91. The molecule has 0 spiro atoms. The van der Waals surface area contributed by atoms with Gasteiger partial charge in [0.05, 0.1) is 10.6 Å². The number of carbonyl (C=O) groups is 2. The van der Waals surface area contributed by atoms with Gasteiger partial charge in [0, 0.05) is 23.5 Å². The highest BCUT2D eigenvalue weighted by Crippen LogP contribution is 2.31. The highest BCUT2D eigenvalue weighted by molar-refractivity contribution is 7.92. The minimum Gasteiger partial charge on any atom is -0.350 e. The fourth-order valence-electron chi connectivity index (χ4n) is 4.89. The topological polar surface area (TPSA) is 86.8 Å². The lowest BCUT2D eigenvalue weighted by Crippen LogP contribution is -2.56. The van der Waals surface area contributed by atoms with Crippen molar-refractivity contribution in [3.8, 4) is 0 Å². The van der Waals surface area contributed by atoms with Gasteiger partial charge in [0.25, 0.3) is 10.0 Å². The quantitative estimate of drug-likeness (QED) is 0.208. The third-order valence-corrected chi connectivity index (χ3v) is 9.27. The Labute approximate surface area is 265 Å². The smallest absolute Gasteiger partial charge is 0.264 e. The van der Waals surface area contributed by atoms with Gasteiger partial charge >= 0.3 is 0 Å². The van der Waals surface area contributed by atoms with Crippen molar-refractivity contribution < 1.29 is 18.0 Å². The number of hydrogen-bond donors (Lipinski definition) is 1. The molecule has 230 valence electrons. The fraction of sp³-hybridized carbons (Fsp3) is 0.257. The third-order valence-electron chi connectivity index (χ3n) is 7.08. The molecule has 4 aromatic rings. The molecule has 0 saturated carbocycles. The van der Waals surface area contributed by atoms with Crippen LogP contribution in [0.4, 0.5) is 5.69 Å². The second kappa shape index (κ2) is 14.1. The standard InChI is InChI=1S/C35H38ClN3O4S/c1-26-30(36)21-14-22-31(26)39(44(42,43)29-19-12-7-13-20-29)25-33(40)38(24-28-17-10-6-11-18-28)32(34(41)37-35(2,3)4)23-27-15-8-5-9-16-27/h5-22,32H,23-25H2,1-4H3,(H,37,41). The van der Waals surface area contributed by atoms with Crippen LogP contribution in [0.3, 0.4) is 0 Å². The number of sulfonamides is 1. The van der Waals surface area contributed by atoms with Crippen molar-refractivity contribution >= 4 is 39.1 Å². The summed E-state index contributed by atoms with van der Waals surface area (Å²) in [6, 6.07) is 30.8. The summed E-state index contributed by atoms with van der Waals surface area (Å²) in [5.74, 6) is -0.861. The van der Waals surface area contributed by atoms with E-state index in [4.69, 9.17) is 11.6 Å². The van der Waals surface area contributed by atoms with E-state index in [2.05, 4.69) is 5.32 Å². The van der Waals surface area contributed by atoms with Gasteiger partial charge in [-0.3, -0.25) is 13.9 Å². The number of amides is 2. The lowest BCUT2D eigenvalue weighted by molar-refractivity contribution is -0.140. The highest BCUT2D eigenvalue weighted by Gasteiger charge is 2.36. The number of hydrogen-bond acceptors (Lipinski definition) is 4. The Hall–Kier alpha value is -4.14. The van der Waals surface area contributed by atoms with E-state index in [0.717, 1.165) is 15.4 Å². The summed E-state index contributed by atoms with van der Waals surface area (Å²) in [7, 11) is -4.20. The second-order valence-electron chi connectivity index (χ2n) is 11.7. The Morgan fingerprint density at radius 1 is 0.795 bits per heavy atom. The molecule has 1 unspecified atom stereocenters. The molecule has 0 radical (unpaired) electrons. The molecular weight excluding hydrogens is 594 g/mol. The highest BCUT2D eigenvalue weighted by atomic mass is 35.5. The van der Waals surface area contributed by atoms with Crippen molar-refractivity contribution in [2.45, 2.75) is 57.1 Å². The molecule has 4 rings (SSSR count). The van der Waals surface area contributed by atoms with Gasteiger partial charge in [0.2, 0.25) is 11.8 Å². The number of nitrogens with one attached hydrogen (secondary N) is 1. The molecule has 0 aromatic heterocycles. The summed E-state index contributed by atoms with van der Waals surface area (Å²) in [4.78, 5) is 30.0. The van der Waals surface area contributed by atoms with Crippen LogP contribution in [0.2, 0.25) is 5.02 Å². The van der Waals surface area contributed by atoms with Crippen molar-refractivity contribution in [3.05, 3.63) is 131 Å². The van der Waals surface area contributed by atoms with Crippen LogP contribution in [0, 0.1) is 6.92 Å². The number of carbonyl (C=O) groups excluding carboxylic acids is 2. The van der Waals surface area contributed by atoms with E-state index in [1.807, 2.05) is 81.4 Å². The van der Waals surface area contributed by atoms with Gasteiger partial charge in [0.15, 0.2) is 0 Å². The van der Waals surface area contributed by atoms with Gasteiger partial charge in [-0.1, -0.05) is 96.5 Å². The van der Waals surface area contributed by atoms with Gasteiger partial charge in [-0.25, -0.2) is 8.42 Å².